The highest BCUT2D eigenvalue weighted by molar-refractivity contribution is 5.90. The summed E-state index contributed by atoms with van der Waals surface area (Å²) in [6.07, 6.45) is 10.4. The summed E-state index contributed by atoms with van der Waals surface area (Å²) < 4.78 is 13.7. The SMILES string of the molecule is CC(C)CC(=O)Nc1nc2c(nc1CCC1CCCCC1)-c1ccc(F)cc1CC2. The van der Waals surface area contributed by atoms with Crippen molar-refractivity contribution in [1.82, 2.24) is 9.97 Å². The summed E-state index contributed by atoms with van der Waals surface area (Å²) in [6.45, 7) is 4.08. The molecule has 30 heavy (non-hydrogen) atoms. The molecule has 5 heteroatoms. The van der Waals surface area contributed by atoms with Gasteiger partial charge in [-0.25, -0.2) is 14.4 Å². The van der Waals surface area contributed by atoms with Gasteiger partial charge >= 0.3 is 0 Å². The molecule has 2 aliphatic rings. The summed E-state index contributed by atoms with van der Waals surface area (Å²) in [4.78, 5) is 22.3. The van der Waals surface area contributed by atoms with E-state index in [-0.39, 0.29) is 11.7 Å². The van der Waals surface area contributed by atoms with Crippen molar-refractivity contribution in [3.8, 4) is 11.3 Å². The molecule has 1 N–H and O–H groups in total. The second kappa shape index (κ2) is 9.23. The fourth-order valence-corrected chi connectivity index (χ4v) is 4.79. The first-order valence-corrected chi connectivity index (χ1v) is 11.5. The van der Waals surface area contributed by atoms with Crippen molar-refractivity contribution in [2.24, 2.45) is 11.8 Å². The number of hydrogen-bond donors (Lipinski definition) is 1. The molecule has 0 spiro atoms. The zero-order valence-electron chi connectivity index (χ0n) is 18.1. The van der Waals surface area contributed by atoms with E-state index in [0.717, 1.165) is 59.8 Å². The van der Waals surface area contributed by atoms with Gasteiger partial charge in [-0.15, -0.1) is 0 Å². The van der Waals surface area contributed by atoms with Crippen LogP contribution in [-0.4, -0.2) is 15.9 Å². The van der Waals surface area contributed by atoms with Gasteiger partial charge in [-0.3, -0.25) is 4.79 Å². The standard InChI is InChI=1S/C25H32FN3O/c1-16(2)14-23(30)29-25-22(12-8-17-6-4-3-5-7-17)27-24-20-11-10-19(26)15-18(20)9-13-21(24)28-25/h10-11,15-17H,3-9,12-14H2,1-2H3,(H,28,29,30). The lowest BCUT2D eigenvalue weighted by Crippen LogP contribution is -2.20. The summed E-state index contributed by atoms with van der Waals surface area (Å²) in [5, 5.41) is 3.04. The Morgan fingerprint density at radius 3 is 2.73 bits per heavy atom. The van der Waals surface area contributed by atoms with Crippen LogP contribution < -0.4 is 5.32 Å². The van der Waals surface area contributed by atoms with Gasteiger partial charge in [0.2, 0.25) is 5.91 Å². The number of aryl methyl sites for hydroxylation is 3. The van der Waals surface area contributed by atoms with Gasteiger partial charge in [0.1, 0.15) is 5.82 Å². The number of nitrogens with zero attached hydrogens (tertiary/aromatic N) is 2. The Bertz CT molecular complexity index is 919. The van der Waals surface area contributed by atoms with Gasteiger partial charge in [0, 0.05) is 12.0 Å². The van der Waals surface area contributed by atoms with Crippen LogP contribution in [0.25, 0.3) is 11.3 Å². The van der Waals surface area contributed by atoms with Crippen molar-refractivity contribution in [3.05, 3.63) is 41.0 Å². The van der Waals surface area contributed by atoms with Gasteiger partial charge in [0.25, 0.3) is 0 Å². The number of halogens is 1. The molecule has 0 unspecified atom stereocenters. The topological polar surface area (TPSA) is 54.9 Å². The predicted molar refractivity (Wildman–Crippen MR) is 118 cm³/mol. The molecular weight excluding hydrogens is 377 g/mol. The normalized spacial score (nSPS) is 16.3. The minimum Gasteiger partial charge on any atom is -0.309 e. The zero-order valence-corrected chi connectivity index (χ0v) is 18.1. The van der Waals surface area contributed by atoms with Gasteiger partial charge in [-0.2, -0.15) is 0 Å². The van der Waals surface area contributed by atoms with E-state index in [1.807, 2.05) is 19.9 Å². The van der Waals surface area contributed by atoms with Crippen LogP contribution in [0.1, 0.15) is 75.7 Å². The number of rotatable bonds is 6. The van der Waals surface area contributed by atoms with Crippen LogP contribution in [0.2, 0.25) is 0 Å². The Labute approximate surface area is 178 Å². The fourth-order valence-electron chi connectivity index (χ4n) is 4.79. The van der Waals surface area contributed by atoms with Crippen molar-refractivity contribution in [2.45, 2.75) is 78.1 Å². The number of amides is 1. The third-order valence-electron chi connectivity index (χ3n) is 6.36. The number of nitrogens with one attached hydrogen (secondary N) is 1. The minimum atomic E-state index is -0.208. The molecule has 4 rings (SSSR count). The summed E-state index contributed by atoms with van der Waals surface area (Å²) in [6, 6.07) is 4.93. The third-order valence-corrected chi connectivity index (χ3v) is 6.36. The summed E-state index contributed by atoms with van der Waals surface area (Å²) in [5.41, 5.74) is 4.59. The van der Waals surface area contributed by atoms with Crippen molar-refractivity contribution in [3.63, 3.8) is 0 Å². The molecule has 1 fully saturated rings. The maximum atomic E-state index is 13.7. The van der Waals surface area contributed by atoms with Gasteiger partial charge in [0.15, 0.2) is 5.82 Å². The average molecular weight is 410 g/mol. The molecule has 1 saturated carbocycles. The van der Waals surface area contributed by atoms with E-state index in [4.69, 9.17) is 9.97 Å². The highest BCUT2D eigenvalue weighted by Crippen LogP contribution is 2.34. The van der Waals surface area contributed by atoms with E-state index in [1.165, 1.54) is 38.2 Å². The molecule has 1 aromatic heterocycles. The first-order chi connectivity index (χ1) is 14.5. The Hall–Kier alpha value is -2.30. The highest BCUT2D eigenvalue weighted by atomic mass is 19.1. The number of fused-ring (bicyclic) bond motifs is 3. The Morgan fingerprint density at radius 1 is 1.17 bits per heavy atom. The number of aromatic nitrogens is 2. The van der Waals surface area contributed by atoms with Gasteiger partial charge in [-0.1, -0.05) is 46.0 Å². The molecule has 0 atom stereocenters. The van der Waals surface area contributed by atoms with E-state index < -0.39 is 0 Å². The third kappa shape index (κ3) is 4.88. The Kier molecular flexibility index (Phi) is 6.45. The zero-order chi connectivity index (χ0) is 21.1. The van der Waals surface area contributed by atoms with Crippen molar-refractivity contribution >= 4 is 11.7 Å². The fraction of sp³-hybridized carbons (Fsp3) is 0.560. The summed E-state index contributed by atoms with van der Waals surface area (Å²) >= 11 is 0. The molecular formula is C25H32FN3O. The first-order valence-electron chi connectivity index (χ1n) is 11.5. The van der Waals surface area contributed by atoms with Crippen molar-refractivity contribution in [2.75, 3.05) is 5.32 Å². The molecule has 2 aromatic rings. The average Bonchev–Trinajstić information content (AvgIpc) is 2.72. The molecule has 0 radical (unpaired) electrons. The highest BCUT2D eigenvalue weighted by Gasteiger charge is 2.23. The molecule has 1 heterocycles. The number of benzene rings is 1. The quantitative estimate of drug-likeness (QED) is 0.648. The predicted octanol–water partition coefficient (Wildman–Crippen LogP) is 5.88. The lowest BCUT2D eigenvalue weighted by atomic mass is 9.85. The molecule has 2 aliphatic carbocycles. The van der Waals surface area contributed by atoms with Crippen molar-refractivity contribution < 1.29 is 9.18 Å². The number of anilines is 1. The first kappa shape index (κ1) is 21.0. The largest absolute Gasteiger partial charge is 0.309 e. The van der Waals surface area contributed by atoms with E-state index >= 15 is 0 Å². The number of carbonyl (C=O) groups excluding carboxylic acids is 1. The molecule has 0 aliphatic heterocycles. The van der Waals surface area contributed by atoms with Crippen LogP contribution in [0.4, 0.5) is 10.2 Å². The summed E-state index contributed by atoms with van der Waals surface area (Å²) in [5.74, 6) is 1.44. The molecule has 4 nitrogen and oxygen atoms in total. The van der Waals surface area contributed by atoms with Gasteiger partial charge < -0.3 is 5.32 Å². The van der Waals surface area contributed by atoms with Gasteiger partial charge in [-0.05, 0) is 61.3 Å². The second-order valence-corrected chi connectivity index (χ2v) is 9.30. The van der Waals surface area contributed by atoms with Crippen LogP contribution in [-0.2, 0) is 24.1 Å². The van der Waals surface area contributed by atoms with Crippen LogP contribution >= 0.6 is 0 Å². The second-order valence-electron chi connectivity index (χ2n) is 9.30. The molecule has 160 valence electrons. The molecule has 0 saturated heterocycles. The van der Waals surface area contributed by atoms with E-state index in [1.54, 1.807) is 6.07 Å². The maximum Gasteiger partial charge on any atom is 0.225 e. The smallest absolute Gasteiger partial charge is 0.225 e. The molecule has 1 aromatic carbocycles. The lowest BCUT2D eigenvalue weighted by molar-refractivity contribution is -0.116. The minimum absolute atomic E-state index is 0.00329. The molecule has 1 amide bonds. The van der Waals surface area contributed by atoms with Crippen molar-refractivity contribution in [1.29, 1.82) is 0 Å². The number of hydrogen-bond acceptors (Lipinski definition) is 3. The van der Waals surface area contributed by atoms with Crippen LogP contribution in [0, 0.1) is 17.7 Å². The van der Waals surface area contributed by atoms with Crippen LogP contribution in [0.15, 0.2) is 18.2 Å². The van der Waals surface area contributed by atoms with E-state index in [9.17, 15) is 9.18 Å². The van der Waals surface area contributed by atoms with Crippen LogP contribution in [0.5, 0.6) is 0 Å². The van der Waals surface area contributed by atoms with E-state index in [0.29, 0.717) is 18.2 Å². The Balaban J connectivity index is 1.64. The van der Waals surface area contributed by atoms with Gasteiger partial charge in [0.05, 0.1) is 17.1 Å². The maximum absolute atomic E-state index is 13.7. The Morgan fingerprint density at radius 2 is 1.97 bits per heavy atom. The van der Waals surface area contributed by atoms with Crippen LogP contribution in [0.3, 0.4) is 0 Å². The summed E-state index contributed by atoms with van der Waals surface area (Å²) in [7, 11) is 0. The number of carbonyl (C=O) groups is 1. The lowest BCUT2D eigenvalue weighted by Gasteiger charge is -2.23. The van der Waals surface area contributed by atoms with E-state index in [2.05, 4.69) is 5.32 Å². The monoisotopic (exact) mass is 409 g/mol. The molecule has 0 bridgehead atoms.